The number of nitrogens with zero attached hydrogens (tertiary/aromatic N) is 2. The van der Waals surface area contributed by atoms with Gasteiger partial charge in [0, 0.05) is 32.7 Å². The maximum atomic E-state index is 12.9. The van der Waals surface area contributed by atoms with E-state index in [2.05, 4.69) is 27.4 Å². The van der Waals surface area contributed by atoms with Crippen molar-refractivity contribution in [3.05, 3.63) is 35.6 Å². The zero-order valence-electron chi connectivity index (χ0n) is 14.7. The molecule has 0 saturated carbocycles. The summed E-state index contributed by atoms with van der Waals surface area (Å²) in [5.74, 6) is 0.676. The van der Waals surface area contributed by atoms with E-state index in [9.17, 15) is 4.39 Å². The molecule has 0 amide bonds. The molecule has 0 radical (unpaired) electrons. The maximum absolute atomic E-state index is 12.9. The lowest BCUT2D eigenvalue weighted by Crippen LogP contribution is -2.49. The zero-order valence-corrected chi connectivity index (χ0v) is 17.1. The Kier molecular flexibility index (Phi) is 10.2. The van der Waals surface area contributed by atoms with Gasteiger partial charge in [0.1, 0.15) is 5.82 Å². The summed E-state index contributed by atoms with van der Waals surface area (Å²) in [6.45, 7) is 6.56. The topological polar surface area (TPSA) is 39.7 Å². The normalized spacial score (nSPS) is 16.5. The lowest BCUT2D eigenvalue weighted by Gasteiger charge is -2.32. The van der Waals surface area contributed by atoms with Gasteiger partial charge >= 0.3 is 0 Å². The van der Waals surface area contributed by atoms with Crippen LogP contribution in [0.4, 0.5) is 4.39 Å². The third kappa shape index (κ3) is 7.34. The fourth-order valence-electron chi connectivity index (χ4n) is 2.98. The molecule has 1 saturated heterocycles. The molecule has 1 aromatic carbocycles. The van der Waals surface area contributed by atoms with Gasteiger partial charge in [-0.2, -0.15) is 0 Å². The number of hydrogen-bond acceptors (Lipinski definition) is 2. The second-order valence-electron chi connectivity index (χ2n) is 6.14. The van der Waals surface area contributed by atoms with Crippen molar-refractivity contribution in [2.45, 2.75) is 38.6 Å². The molecule has 1 heterocycles. The van der Waals surface area contributed by atoms with E-state index in [1.165, 1.54) is 37.9 Å². The molecule has 2 rings (SSSR count). The second-order valence-corrected chi connectivity index (χ2v) is 6.14. The van der Waals surface area contributed by atoms with Gasteiger partial charge in [-0.25, -0.2) is 4.39 Å². The van der Waals surface area contributed by atoms with Crippen molar-refractivity contribution in [2.24, 2.45) is 4.99 Å². The molecule has 0 unspecified atom stereocenters. The van der Waals surface area contributed by atoms with Crippen LogP contribution in [0.25, 0.3) is 0 Å². The van der Waals surface area contributed by atoms with Gasteiger partial charge in [-0.05, 0) is 49.9 Å². The Hall–Kier alpha value is -0.890. The van der Waals surface area contributed by atoms with E-state index in [4.69, 9.17) is 0 Å². The third-order valence-corrected chi connectivity index (χ3v) is 4.31. The van der Waals surface area contributed by atoms with E-state index < -0.39 is 0 Å². The largest absolute Gasteiger partial charge is 0.356 e. The van der Waals surface area contributed by atoms with E-state index in [1.54, 1.807) is 7.05 Å². The van der Waals surface area contributed by atoms with Gasteiger partial charge in [-0.1, -0.05) is 19.1 Å². The van der Waals surface area contributed by atoms with Crippen LogP contribution in [-0.2, 0) is 6.42 Å². The second kappa shape index (κ2) is 11.6. The van der Waals surface area contributed by atoms with Crippen LogP contribution < -0.4 is 10.6 Å². The van der Waals surface area contributed by atoms with Crippen LogP contribution in [0.5, 0.6) is 0 Å². The molecular weight excluding hydrogens is 418 g/mol. The van der Waals surface area contributed by atoms with Gasteiger partial charge in [0.05, 0.1) is 0 Å². The number of guanidine groups is 1. The Bertz CT molecular complexity index is 484. The van der Waals surface area contributed by atoms with Gasteiger partial charge in [0.15, 0.2) is 5.96 Å². The first-order chi connectivity index (χ1) is 11.2. The molecule has 24 heavy (non-hydrogen) atoms. The highest BCUT2D eigenvalue weighted by molar-refractivity contribution is 14.0. The van der Waals surface area contributed by atoms with Crippen molar-refractivity contribution in [3.63, 3.8) is 0 Å². The third-order valence-electron chi connectivity index (χ3n) is 4.31. The van der Waals surface area contributed by atoms with E-state index in [0.717, 1.165) is 37.6 Å². The van der Waals surface area contributed by atoms with Gasteiger partial charge in [0.25, 0.3) is 0 Å². The Morgan fingerprint density at radius 1 is 1.25 bits per heavy atom. The first-order valence-corrected chi connectivity index (χ1v) is 8.65. The number of nitrogens with one attached hydrogen (secondary N) is 2. The number of hydrogen-bond donors (Lipinski definition) is 2. The molecule has 2 N–H and O–H groups in total. The van der Waals surface area contributed by atoms with Crippen LogP contribution in [0, 0.1) is 5.82 Å². The Morgan fingerprint density at radius 2 is 1.92 bits per heavy atom. The highest BCUT2D eigenvalue weighted by Crippen LogP contribution is 2.10. The zero-order chi connectivity index (χ0) is 16.5. The molecule has 0 aromatic heterocycles. The lowest BCUT2D eigenvalue weighted by atomic mass is 10.1. The number of rotatable bonds is 6. The Morgan fingerprint density at radius 3 is 2.50 bits per heavy atom. The van der Waals surface area contributed by atoms with Crippen molar-refractivity contribution in [1.29, 1.82) is 0 Å². The highest BCUT2D eigenvalue weighted by atomic mass is 127. The highest BCUT2D eigenvalue weighted by Gasteiger charge is 2.19. The Balaban J connectivity index is 0.00000288. The summed E-state index contributed by atoms with van der Waals surface area (Å²) >= 11 is 0. The number of aliphatic imine (C=N–C) groups is 1. The number of likely N-dealkylation sites (tertiary alicyclic amines) is 1. The molecular formula is C18H30FIN4. The van der Waals surface area contributed by atoms with Gasteiger partial charge < -0.3 is 15.5 Å². The quantitative estimate of drug-likeness (QED) is 0.400. The Labute approximate surface area is 162 Å². The van der Waals surface area contributed by atoms with Crippen molar-refractivity contribution < 1.29 is 4.39 Å². The molecule has 1 aromatic rings. The maximum Gasteiger partial charge on any atom is 0.191 e. The predicted molar refractivity (Wildman–Crippen MR) is 110 cm³/mol. The van der Waals surface area contributed by atoms with Gasteiger partial charge in [-0.3, -0.25) is 4.99 Å². The lowest BCUT2D eigenvalue weighted by molar-refractivity contribution is 0.206. The molecule has 1 aliphatic heterocycles. The molecule has 0 atom stereocenters. The standard InChI is InChI=1S/C18H29FN4.HI/c1-3-12-23-13-9-17(10-14-23)22-18(20-2)21-11-8-15-4-6-16(19)7-5-15;/h4-7,17H,3,8-14H2,1-2H3,(H2,20,21,22);1H. The number of halogens is 2. The smallest absolute Gasteiger partial charge is 0.191 e. The van der Waals surface area contributed by atoms with E-state index >= 15 is 0 Å². The van der Waals surface area contributed by atoms with Gasteiger partial charge in [-0.15, -0.1) is 24.0 Å². The molecule has 1 aliphatic rings. The van der Waals surface area contributed by atoms with Crippen LogP contribution in [0.2, 0.25) is 0 Å². The van der Waals surface area contributed by atoms with E-state index in [-0.39, 0.29) is 29.8 Å². The fourth-order valence-corrected chi connectivity index (χ4v) is 2.98. The van der Waals surface area contributed by atoms with Crippen molar-refractivity contribution in [1.82, 2.24) is 15.5 Å². The van der Waals surface area contributed by atoms with Crippen LogP contribution in [0.3, 0.4) is 0 Å². The average Bonchev–Trinajstić information content (AvgIpc) is 2.57. The average molecular weight is 448 g/mol. The molecule has 0 spiro atoms. The van der Waals surface area contributed by atoms with Crippen LogP contribution >= 0.6 is 24.0 Å². The van der Waals surface area contributed by atoms with Crippen LogP contribution in [0.1, 0.15) is 31.7 Å². The fraction of sp³-hybridized carbons (Fsp3) is 0.611. The minimum Gasteiger partial charge on any atom is -0.356 e. The first-order valence-electron chi connectivity index (χ1n) is 8.65. The summed E-state index contributed by atoms with van der Waals surface area (Å²) in [4.78, 5) is 6.83. The predicted octanol–water partition coefficient (Wildman–Crippen LogP) is 3.03. The molecule has 4 nitrogen and oxygen atoms in total. The van der Waals surface area contributed by atoms with Crippen LogP contribution in [-0.4, -0.2) is 50.1 Å². The molecule has 0 bridgehead atoms. The van der Waals surface area contributed by atoms with Crippen LogP contribution in [0.15, 0.2) is 29.3 Å². The minimum absolute atomic E-state index is 0. The van der Waals surface area contributed by atoms with Gasteiger partial charge in [0.2, 0.25) is 0 Å². The van der Waals surface area contributed by atoms with Crippen molar-refractivity contribution in [3.8, 4) is 0 Å². The summed E-state index contributed by atoms with van der Waals surface area (Å²) < 4.78 is 12.9. The summed E-state index contributed by atoms with van der Waals surface area (Å²) in [6.07, 6.45) is 4.41. The van der Waals surface area contributed by atoms with E-state index in [1.807, 2.05) is 12.1 Å². The molecule has 6 heteroatoms. The number of piperidine rings is 1. The van der Waals surface area contributed by atoms with Crippen molar-refractivity contribution in [2.75, 3.05) is 33.2 Å². The summed E-state index contributed by atoms with van der Waals surface area (Å²) in [6, 6.07) is 7.17. The number of benzene rings is 1. The van der Waals surface area contributed by atoms with Crippen molar-refractivity contribution >= 4 is 29.9 Å². The molecule has 136 valence electrons. The summed E-state index contributed by atoms with van der Waals surface area (Å²) in [5.41, 5.74) is 1.13. The van der Waals surface area contributed by atoms with E-state index in [0.29, 0.717) is 6.04 Å². The minimum atomic E-state index is -0.186. The summed E-state index contributed by atoms with van der Waals surface area (Å²) in [7, 11) is 1.81. The summed E-state index contributed by atoms with van der Waals surface area (Å²) in [5, 5.41) is 6.86. The monoisotopic (exact) mass is 448 g/mol. The molecule has 1 fully saturated rings. The SMILES string of the molecule is CCCN1CCC(NC(=NC)NCCc2ccc(F)cc2)CC1.I. The first kappa shape index (κ1) is 21.2. The molecule has 0 aliphatic carbocycles.